The topological polar surface area (TPSA) is 15.3 Å². The highest BCUT2D eigenvalue weighted by Gasteiger charge is 2.25. The van der Waals surface area contributed by atoms with Crippen LogP contribution in [0.15, 0.2) is 24.3 Å². The van der Waals surface area contributed by atoms with Crippen LogP contribution >= 0.6 is 0 Å². The first-order valence-electron chi connectivity index (χ1n) is 8.38. The third-order valence-electron chi connectivity index (χ3n) is 5.14. The zero-order valence-electron chi connectivity index (χ0n) is 12.8. The lowest BCUT2D eigenvalue weighted by Crippen LogP contribution is -2.45. The van der Waals surface area contributed by atoms with Crippen LogP contribution in [-0.2, 0) is 12.8 Å². The van der Waals surface area contributed by atoms with Crippen molar-refractivity contribution in [3.8, 4) is 0 Å². The van der Waals surface area contributed by atoms with Crippen LogP contribution in [-0.4, -0.2) is 37.1 Å². The predicted octanol–water partition coefficient (Wildman–Crippen LogP) is 2.87. The molecule has 3 rings (SSSR count). The molecule has 1 N–H and O–H groups in total. The van der Waals surface area contributed by atoms with E-state index in [0.29, 0.717) is 0 Å². The van der Waals surface area contributed by atoms with Gasteiger partial charge in [-0.3, -0.25) is 4.90 Å². The predicted molar refractivity (Wildman–Crippen MR) is 85.1 cm³/mol. The molecule has 1 aromatic rings. The molecule has 1 heterocycles. The van der Waals surface area contributed by atoms with E-state index in [0.717, 1.165) is 12.0 Å². The fourth-order valence-electron chi connectivity index (χ4n) is 3.94. The lowest BCUT2D eigenvalue weighted by molar-refractivity contribution is 0.149. The Labute approximate surface area is 123 Å². The molecule has 2 atom stereocenters. The number of piperidine rings is 1. The second kappa shape index (κ2) is 6.73. The molecule has 0 saturated carbocycles. The Balaban J connectivity index is 1.62. The van der Waals surface area contributed by atoms with Crippen molar-refractivity contribution < 1.29 is 0 Å². The molecule has 0 amide bonds. The van der Waals surface area contributed by atoms with Crippen LogP contribution in [0.3, 0.4) is 0 Å². The van der Waals surface area contributed by atoms with Crippen molar-refractivity contribution in [2.45, 2.75) is 45.1 Å². The molecule has 20 heavy (non-hydrogen) atoms. The quantitative estimate of drug-likeness (QED) is 0.906. The number of nitrogens with one attached hydrogen (secondary N) is 1. The zero-order valence-corrected chi connectivity index (χ0v) is 12.8. The van der Waals surface area contributed by atoms with E-state index < -0.39 is 0 Å². The Morgan fingerprint density at radius 1 is 1.20 bits per heavy atom. The minimum atomic E-state index is 0.761. The summed E-state index contributed by atoms with van der Waals surface area (Å²) in [6, 6.07) is 9.79. The summed E-state index contributed by atoms with van der Waals surface area (Å²) < 4.78 is 0. The summed E-state index contributed by atoms with van der Waals surface area (Å²) in [4.78, 5) is 2.74. The summed E-state index contributed by atoms with van der Waals surface area (Å²) in [6.07, 6.45) is 6.62. The number of aryl methyl sites for hydroxylation is 1. The highest BCUT2D eigenvalue weighted by Crippen LogP contribution is 2.25. The van der Waals surface area contributed by atoms with Crippen molar-refractivity contribution in [2.75, 3.05) is 26.2 Å². The summed E-state index contributed by atoms with van der Waals surface area (Å²) >= 11 is 0. The smallest absolute Gasteiger partial charge is 0.0139 e. The van der Waals surface area contributed by atoms with Crippen LogP contribution in [0.2, 0.25) is 0 Å². The highest BCUT2D eigenvalue weighted by atomic mass is 15.2. The monoisotopic (exact) mass is 272 g/mol. The maximum atomic E-state index is 3.56. The second-order valence-electron chi connectivity index (χ2n) is 6.47. The third-order valence-corrected chi connectivity index (χ3v) is 5.14. The molecule has 2 nitrogen and oxygen atoms in total. The second-order valence-corrected chi connectivity index (χ2v) is 6.47. The van der Waals surface area contributed by atoms with E-state index in [2.05, 4.69) is 41.4 Å². The maximum absolute atomic E-state index is 3.56. The molecule has 1 aromatic carbocycles. The molecule has 1 saturated heterocycles. The van der Waals surface area contributed by atoms with Gasteiger partial charge < -0.3 is 5.32 Å². The number of benzene rings is 1. The average Bonchev–Trinajstić information content (AvgIpc) is 2.53. The SMILES string of the molecule is CCN(CC1CCCNC1)C1CCc2ccccc2C1. The van der Waals surface area contributed by atoms with Gasteiger partial charge in [-0.15, -0.1) is 0 Å². The minimum absolute atomic E-state index is 0.761. The first kappa shape index (κ1) is 14.1. The maximum Gasteiger partial charge on any atom is 0.0139 e. The van der Waals surface area contributed by atoms with Gasteiger partial charge in [-0.1, -0.05) is 31.2 Å². The van der Waals surface area contributed by atoms with Crippen molar-refractivity contribution in [3.05, 3.63) is 35.4 Å². The van der Waals surface area contributed by atoms with E-state index in [1.54, 1.807) is 11.1 Å². The number of hydrogen-bond acceptors (Lipinski definition) is 2. The molecule has 2 heteroatoms. The van der Waals surface area contributed by atoms with E-state index in [1.165, 1.54) is 58.3 Å². The summed E-state index contributed by atoms with van der Waals surface area (Å²) in [5.74, 6) is 0.862. The molecule has 110 valence electrons. The van der Waals surface area contributed by atoms with E-state index in [1.807, 2.05) is 0 Å². The molecular formula is C18H28N2. The Hall–Kier alpha value is -0.860. The van der Waals surface area contributed by atoms with Crippen molar-refractivity contribution >= 4 is 0 Å². The summed E-state index contributed by atoms with van der Waals surface area (Å²) in [5.41, 5.74) is 3.17. The van der Waals surface area contributed by atoms with Gasteiger partial charge in [0.05, 0.1) is 0 Å². The lowest BCUT2D eigenvalue weighted by atomic mass is 9.87. The number of hydrogen-bond donors (Lipinski definition) is 1. The van der Waals surface area contributed by atoms with Crippen molar-refractivity contribution in [1.29, 1.82) is 0 Å². The van der Waals surface area contributed by atoms with Gasteiger partial charge in [0.2, 0.25) is 0 Å². The summed E-state index contributed by atoms with van der Waals surface area (Å²) in [7, 11) is 0. The van der Waals surface area contributed by atoms with E-state index in [4.69, 9.17) is 0 Å². The number of rotatable bonds is 4. The van der Waals surface area contributed by atoms with Gasteiger partial charge in [-0.2, -0.15) is 0 Å². The normalized spacial score (nSPS) is 26.5. The number of fused-ring (bicyclic) bond motifs is 1. The van der Waals surface area contributed by atoms with Crippen LogP contribution in [0.25, 0.3) is 0 Å². The van der Waals surface area contributed by atoms with Crippen molar-refractivity contribution in [3.63, 3.8) is 0 Å². The molecule has 0 bridgehead atoms. The fourth-order valence-corrected chi connectivity index (χ4v) is 3.94. The molecule has 1 fully saturated rings. The highest BCUT2D eigenvalue weighted by molar-refractivity contribution is 5.30. The minimum Gasteiger partial charge on any atom is -0.316 e. The van der Waals surface area contributed by atoms with Crippen molar-refractivity contribution in [1.82, 2.24) is 10.2 Å². The third kappa shape index (κ3) is 3.24. The first-order valence-corrected chi connectivity index (χ1v) is 8.38. The molecule has 1 aliphatic heterocycles. The number of likely N-dealkylation sites (N-methyl/N-ethyl adjacent to an activating group) is 1. The Kier molecular flexibility index (Phi) is 4.74. The van der Waals surface area contributed by atoms with E-state index >= 15 is 0 Å². The molecule has 1 aliphatic carbocycles. The first-order chi connectivity index (χ1) is 9.86. The lowest BCUT2D eigenvalue weighted by Gasteiger charge is -2.37. The largest absolute Gasteiger partial charge is 0.316 e. The van der Waals surface area contributed by atoms with Crippen LogP contribution in [0.1, 0.15) is 37.3 Å². The Morgan fingerprint density at radius 2 is 2.05 bits per heavy atom. The van der Waals surface area contributed by atoms with Crippen LogP contribution < -0.4 is 5.32 Å². The van der Waals surface area contributed by atoms with Gasteiger partial charge in [0.15, 0.2) is 0 Å². The van der Waals surface area contributed by atoms with E-state index in [9.17, 15) is 0 Å². The standard InChI is InChI=1S/C18H28N2/c1-2-20(14-15-6-5-11-19-13-15)18-10-9-16-7-3-4-8-17(16)12-18/h3-4,7-8,15,18-19H,2,5-6,9-14H2,1H3. The van der Waals surface area contributed by atoms with Gasteiger partial charge in [0, 0.05) is 12.6 Å². The van der Waals surface area contributed by atoms with Gasteiger partial charge in [-0.25, -0.2) is 0 Å². The van der Waals surface area contributed by atoms with Gasteiger partial charge in [0.25, 0.3) is 0 Å². The van der Waals surface area contributed by atoms with Gasteiger partial charge in [0.1, 0.15) is 0 Å². The van der Waals surface area contributed by atoms with Gasteiger partial charge in [-0.05, 0) is 68.8 Å². The molecule has 2 aliphatic rings. The number of nitrogens with zero attached hydrogens (tertiary/aromatic N) is 1. The zero-order chi connectivity index (χ0) is 13.8. The summed E-state index contributed by atoms with van der Waals surface area (Å²) in [6.45, 7) is 7.26. The fraction of sp³-hybridized carbons (Fsp3) is 0.667. The van der Waals surface area contributed by atoms with Crippen LogP contribution in [0, 0.1) is 5.92 Å². The molecule has 0 aromatic heterocycles. The Bertz CT molecular complexity index is 423. The Morgan fingerprint density at radius 3 is 2.80 bits per heavy atom. The molecular weight excluding hydrogens is 244 g/mol. The molecule has 0 radical (unpaired) electrons. The van der Waals surface area contributed by atoms with E-state index in [-0.39, 0.29) is 0 Å². The average molecular weight is 272 g/mol. The molecule has 0 spiro atoms. The molecule has 2 unspecified atom stereocenters. The van der Waals surface area contributed by atoms with Crippen LogP contribution in [0.5, 0.6) is 0 Å². The van der Waals surface area contributed by atoms with Crippen molar-refractivity contribution in [2.24, 2.45) is 5.92 Å². The van der Waals surface area contributed by atoms with Crippen LogP contribution in [0.4, 0.5) is 0 Å². The summed E-state index contributed by atoms with van der Waals surface area (Å²) in [5, 5.41) is 3.56. The van der Waals surface area contributed by atoms with Gasteiger partial charge >= 0.3 is 0 Å².